The highest BCUT2D eigenvalue weighted by Crippen LogP contribution is 2.36. The second-order valence-electron chi connectivity index (χ2n) is 8.23. The molecule has 0 N–H and O–H groups in total. The quantitative estimate of drug-likeness (QED) is 0.730. The van der Waals surface area contributed by atoms with Gasteiger partial charge in [-0.1, -0.05) is 0 Å². The lowest BCUT2D eigenvalue weighted by molar-refractivity contribution is -0.0861. The Morgan fingerprint density at radius 3 is 2.21 bits per heavy atom. The fraction of sp³-hybridized carbons (Fsp3) is 0.600. The van der Waals surface area contributed by atoms with Crippen LogP contribution in [0.1, 0.15) is 44.0 Å². The second-order valence-corrected chi connectivity index (χ2v) is 8.23. The molecular weight excluding hydrogens is 372 g/mol. The first-order valence-electron chi connectivity index (χ1n) is 9.27. The fourth-order valence-electron chi connectivity index (χ4n) is 3.85. The molecule has 2 unspecified atom stereocenters. The number of halogens is 2. The summed E-state index contributed by atoms with van der Waals surface area (Å²) in [6, 6.07) is 1.13. The summed E-state index contributed by atoms with van der Waals surface area (Å²) in [6.45, 7) is 5.98. The van der Waals surface area contributed by atoms with Crippen molar-refractivity contribution in [1.82, 2.24) is 4.90 Å². The Morgan fingerprint density at radius 1 is 1.11 bits per heavy atom. The van der Waals surface area contributed by atoms with Crippen LogP contribution in [0.25, 0.3) is 0 Å². The molecular formula is C20H25F2NO5. The number of carbonyl (C=O) groups excluding carboxylic acids is 2. The smallest absolute Gasteiger partial charge is 0.410 e. The van der Waals surface area contributed by atoms with Crippen LogP contribution < -0.4 is 4.74 Å². The molecule has 2 saturated heterocycles. The third kappa shape index (κ3) is 4.11. The van der Waals surface area contributed by atoms with Gasteiger partial charge in [-0.05, 0) is 39.7 Å². The normalized spacial score (nSPS) is 24.6. The lowest BCUT2D eigenvalue weighted by atomic mass is 9.80. The van der Waals surface area contributed by atoms with Crippen molar-refractivity contribution in [1.29, 1.82) is 0 Å². The van der Waals surface area contributed by atoms with Gasteiger partial charge in [0.2, 0.25) is 0 Å². The van der Waals surface area contributed by atoms with Gasteiger partial charge in [-0.3, -0.25) is 9.69 Å². The number of ether oxygens (including phenoxy) is 3. The van der Waals surface area contributed by atoms with Crippen LogP contribution in [-0.2, 0) is 9.47 Å². The number of Topliss-reactive ketones (excluding diaryl/α,β-unsaturated/α-hetero) is 1. The molecule has 6 nitrogen and oxygen atoms in total. The first-order chi connectivity index (χ1) is 13.1. The molecule has 1 aromatic rings. The molecule has 0 saturated carbocycles. The van der Waals surface area contributed by atoms with Gasteiger partial charge in [0.15, 0.2) is 17.4 Å². The number of piperidine rings is 1. The van der Waals surface area contributed by atoms with E-state index in [2.05, 4.69) is 0 Å². The number of fused-ring (bicyclic) bond motifs is 2. The summed E-state index contributed by atoms with van der Waals surface area (Å²) in [7, 11) is 1.30. The van der Waals surface area contributed by atoms with Gasteiger partial charge in [0.1, 0.15) is 11.4 Å². The van der Waals surface area contributed by atoms with Crippen molar-refractivity contribution in [2.45, 2.75) is 51.3 Å². The van der Waals surface area contributed by atoms with Crippen molar-refractivity contribution in [2.75, 3.05) is 20.3 Å². The molecule has 154 valence electrons. The van der Waals surface area contributed by atoms with Crippen LogP contribution in [0.5, 0.6) is 5.75 Å². The van der Waals surface area contributed by atoms with Crippen LogP contribution in [0.15, 0.2) is 12.1 Å². The molecule has 1 amide bonds. The van der Waals surface area contributed by atoms with E-state index in [1.54, 1.807) is 25.7 Å². The van der Waals surface area contributed by atoms with E-state index in [0.717, 1.165) is 12.1 Å². The van der Waals surface area contributed by atoms with E-state index in [0.29, 0.717) is 26.1 Å². The number of benzene rings is 1. The molecule has 8 heteroatoms. The minimum atomic E-state index is -1.10. The Balaban J connectivity index is 1.81. The SMILES string of the molecule is COc1cc(F)c(F)cc1C(=O)C1CC2COCC(C1)N2C(=O)OC(C)(C)C. The van der Waals surface area contributed by atoms with Gasteiger partial charge in [-0.25, -0.2) is 13.6 Å². The van der Waals surface area contributed by atoms with Crippen molar-refractivity contribution >= 4 is 11.9 Å². The molecule has 2 heterocycles. The molecule has 0 radical (unpaired) electrons. The number of carbonyl (C=O) groups is 2. The number of ketones is 1. The number of hydrogen-bond acceptors (Lipinski definition) is 5. The molecule has 0 aromatic heterocycles. The van der Waals surface area contributed by atoms with Crippen molar-refractivity contribution < 1.29 is 32.6 Å². The summed E-state index contributed by atoms with van der Waals surface area (Å²) in [5.41, 5.74) is -0.617. The number of morpholine rings is 1. The highest BCUT2D eigenvalue weighted by molar-refractivity contribution is 6.00. The largest absolute Gasteiger partial charge is 0.496 e. The molecule has 0 spiro atoms. The monoisotopic (exact) mass is 397 g/mol. The van der Waals surface area contributed by atoms with Gasteiger partial charge in [0.25, 0.3) is 0 Å². The Morgan fingerprint density at radius 2 is 1.68 bits per heavy atom. The summed E-state index contributed by atoms with van der Waals surface area (Å²) in [5.74, 6) is -2.94. The topological polar surface area (TPSA) is 65.1 Å². The number of amides is 1. The maximum atomic E-state index is 13.7. The maximum Gasteiger partial charge on any atom is 0.410 e. The third-order valence-electron chi connectivity index (χ3n) is 5.00. The van der Waals surface area contributed by atoms with Gasteiger partial charge >= 0.3 is 6.09 Å². The Bertz CT molecular complexity index is 763. The van der Waals surface area contributed by atoms with Crippen LogP contribution in [-0.4, -0.2) is 54.8 Å². The van der Waals surface area contributed by atoms with Gasteiger partial charge in [-0.2, -0.15) is 0 Å². The van der Waals surface area contributed by atoms with Crippen LogP contribution in [0, 0.1) is 17.6 Å². The first-order valence-corrected chi connectivity index (χ1v) is 9.27. The van der Waals surface area contributed by atoms with Crippen molar-refractivity contribution in [2.24, 2.45) is 5.92 Å². The molecule has 3 rings (SSSR count). The molecule has 2 fully saturated rings. The van der Waals surface area contributed by atoms with Crippen LogP contribution in [0.4, 0.5) is 13.6 Å². The van der Waals surface area contributed by atoms with Crippen molar-refractivity contribution in [3.05, 3.63) is 29.3 Å². The molecule has 0 aliphatic carbocycles. The molecule has 2 aliphatic rings. The number of hydrogen-bond donors (Lipinski definition) is 0. The summed E-state index contributed by atoms with van der Waals surface area (Å²) >= 11 is 0. The van der Waals surface area contributed by atoms with Crippen molar-refractivity contribution in [3.8, 4) is 5.75 Å². The average molecular weight is 397 g/mol. The second kappa shape index (κ2) is 7.66. The van der Waals surface area contributed by atoms with Gasteiger partial charge in [0, 0.05) is 12.0 Å². The molecule has 28 heavy (non-hydrogen) atoms. The highest BCUT2D eigenvalue weighted by atomic mass is 19.2. The van der Waals surface area contributed by atoms with E-state index < -0.39 is 29.2 Å². The molecule has 1 aromatic carbocycles. The Labute approximate surface area is 162 Å². The zero-order chi connectivity index (χ0) is 20.6. The standard InChI is InChI=1S/C20H25F2NO5/c1-20(2,3)28-19(25)23-12-5-11(6-13(23)10-27-9-12)18(24)14-7-15(21)16(22)8-17(14)26-4/h7-8,11-13H,5-6,9-10H2,1-4H3. The first kappa shape index (κ1) is 20.5. The zero-order valence-electron chi connectivity index (χ0n) is 16.5. The van der Waals surface area contributed by atoms with E-state index >= 15 is 0 Å². The number of nitrogens with zero attached hydrogens (tertiary/aromatic N) is 1. The Kier molecular flexibility index (Phi) is 5.61. The summed E-state index contributed by atoms with van der Waals surface area (Å²) < 4.78 is 43.3. The minimum absolute atomic E-state index is 0.000110. The van der Waals surface area contributed by atoms with E-state index in [9.17, 15) is 18.4 Å². The Hall–Kier alpha value is -2.22. The summed E-state index contributed by atoms with van der Waals surface area (Å²) in [6.07, 6.45) is 0.287. The maximum absolute atomic E-state index is 13.7. The summed E-state index contributed by atoms with van der Waals surface area (Å²) in [4.78, 5) is 27.3. The lowest BCUT2D eigenvalue weighted by Gasteiger charge is -2.47. The predicted octanol–water partition coefficient (Wildman–Crippen LogP) is 3.57. The van der Waals surface area contributed by atoms with Gasteiger partial charge < -0.3 is 14.2 Å². The van der Waals surface area contributed by atoms with Crippen LogP contribution >= 0.6 is 0 Å². The lowest BCUT2D eigenvalue weighted by Crippen LogP contribution is -2.60. The molecule has 2 atom stereocenters. The van der Waals surface area contributed by atoms with E-state index in [1.165, 1.54) is 7.11 Å². The van der Waals surface area contributed by atoms with Crippen LogP contribution in [0.2, 0.25) is 0 Å². The summed E-state index contributed by atoms with van der Waals surface area (Å²) in [5, 5.41) is 0. The molecule has 2 bridgehead atoms. The van der Waals surface area contributed by atoms with Crippen molar-refractivity contribution in [3.63, 3.8) is 0 Å². The zero-order valence-corrected chi connectivity index (χ0v) is 16.5. The molecule has 2 aliphatic heterocycles. The van der Waals surface area contributed by atoms with Gasteiger partial charge in [0.05, 0.1) is 38.0 Å². The van der Waals surface area contributed by atoms with Crippen LogP contribution in [0.3, 0.4) is 0 Å². The average Bonchev–Trinajstić information content (AvgIpc) is 2.60. The minimum Gasteiger partial charge on any atom is -0.496 e. The van der Waals surface area contributed by atoms with E-state index in [4.69, 9.17) is 14.2 Å². The predicted molar refractivity (Wildman–Crippen MR) is 96.4 cm³/mol. The fourth-order valence-corrected chi connectivity index (χ4v) is 3.85. The van der Waals surface area contributed by atoms with E-state index in [1.807, 2.05) is 0 Å². The van der Waals surface area contributed by atoms with Gasteiger partial charge in [-0.15, -0.1) is 0 Å². The highest BCUT2D eigenvalue weighted by Gasteiger charge is 2.45. The third-order valence-corrected chi connectivity index (χ3v) is 5.00. The number of rotatable bonds is 3. The van der Waals surface area contributed by atoms with E-state index in [-0.39, 0.29) is 29.2 Å². The number of methoxy groups -OCH3 is 1.